The molecular formula is C34H50N6O10. The van der Waals surface area contributed by atoms with Gasteiger partial charge in [-0.05, 0) is 101 Å². The molecule has 1 unspecified atom stereocenters. The Morgan fingerprint density at radius 3 is 1.48 bits per heavy atom. The predicted molar refractivity (Wildman–Crippen MR) is 184 cm³/mol. The van der Waals surface area contributed by atoms with E-state index in [0.717, 1.165) is 6.42 Å². The average molecular weight is 703 g/mol. The monoisotopic (exact) mass is 702 g/mol. The number of unbranched alkanes of at least 4 members (excludes halogenated alkanes) is 2. The molecule has 16 heteroatoms. The minimum atomic E-state index is -2.54. The number of aliphatic hydroxyl groups is 1. The van der Waals surface area contributed by atoms with Gasteiger partial charge in [0.05, 0.1) is 12.8 Å². The highest BCUT2D eigenvalue weighted by molar-refractivity contribution is 5.95. The van der Waals surface area contributed by atoms with Gasteiger partial charge in [0.15, 0.2) is 17.1 Å². The van der Waals surface area contributed by atoms with Gasteiger partial charge in [-0.1, -0.05) is 6.07 Å². The van der Waals surface area contributed by atoms with Gasteiger partial charge >= 0.3 is 5.97 Å². The van der Waals surface area contributed by atoms with Crippen LogP contribution in [0, 0.1) is 0 Å². The highest BCUT2D eigenvalue weighted by Gasteiger charge is 2.40. The van der Waals surface area contributed by atoms with Crippen molar-refractivity contribution in [1.29, 1.82) is 0 Å². The molecule has 50 heavy (non-hydrogen) atoms. The molecule has 11 N–H and O–H groups in total. The topological polar surface area (TPSA) is 259 Å². The second-order valence-electron chi connectivity index (χ2n) is 11.8. The normalized spacial score (nSPS) is 12.0. The van der Waals surface area contributed by atoms with Crippen molar-refractivity contribution in [2.24, 2.45) is 0 Å². The number of phenolic OH excluding ortho intramolecular Hbond substituents is 3. The number of aliphatic carboxylic acids is 1. The lowest BCUT2D eigenvalue weighted by Crippen LogP contribution is -2.47. The first-order chi connectivity index (χ1) is 23.9. The van der Waals surface area contributed by atoms with Crippen molar-refractivity contribution in [2.75, 3.05) is 52.4 Å². The number of benzene rings is 2. The third-order valence-electron chi connectivity index (χ3n) is 7.49. The van der Waals surface area contributed by atoms with E-state index in [4.69, 9.17) is 0 Å². The summed E-state index contributed by atoms with van der Waals surface area (Å²) in [5.74, 6) is -4.30. The van der Waals surface area contributed by atoms with Crippen LogP contribution in [0.15, 0.2) is 42.5 Å². The third kappa shape index (κ3) is 16.5. The predicted octanol–water partition coefficient (Wildman–Crippen LogP) is 0.311. The van der Waals surface area contributed by atoms with Crippen LogP contribution >= 0.6 is 0 Å². The zero-order valence-electron chi connectivity index (χ0n) is 28.1. The number of amides is 4. The first-order valence-electron chi connectivity index (χ1n) is 16.7. The molecule has 4 amide bonds. The van der Waals surface area contributed by atoms with Crippen molar-refractivity contribution in [3.63, 3.8) is 0 Å². The van der Waals surface area contributed by atoms with Crippen molar-refractivity contribution >= 4 is 29.6 Å². The van der Waals surface area contributed by atoms with Crippen molar-refractivity contribution < 1.29 is 49.5 Å². The maximum Gasteiger partial charge on any atom is 0.336 e. The quantitative estimate of drug-likeness (QED) is 0.0494. The largest absolute Gasteiger partial charge is 0.508 e. The Morgan fingerprint density at radius 1 is 0.540 bits per heavy atom. The van der Waals surface area contributed by atoms with Gasteiger partial charge in [-0.3, -0.25) is 19.2 Å². The summed E-state index contributed by atoms with van der Waals surface area (Å²) in [6.45, 7) is 4.01. The summed E-state index contributed by atoms with van der Waals surface area (Å²) in [5.41, 5.74) is -1.92. The van der Waals surface area contributed by atoms with E-state index in [1.807, 2.05) is 0 Å². The number of carboxylic acid groups (broad SMARTS) is 1. The zero-order chi connectivity index (χ0) is 36.8. The highest BCUT2D eigenvalue weighted by atomic mass is 16.4. The Kier molecular flexibility index (Phi) is 18.7. The van der Waals surface area contributed by atoms with Gasteiger partial charge in [-0.25, -0.2) is 4.79 Å². The number of carbonyl (C=O) groups is 5. The summed E-state index contributed by atoms with van der Waals surface area (Å²) in [5, 5.41) is 65.4. The number of hydrogen-bond acceptors (Lipinski definition) is 11. The van der Waals surface area contributed by atoms with Crippen molar-refractivity contribution in [1.82, 2.24) is 31.9 Å². The number of rotatable bonds is 25. The molecule has 0 bridgehead atoms. The number of phenols is 3. The van der Waals surface area contributed by atoms with E-state index < -0.39 is 36.2 Å². The lowest BCUT2D eigenvalue weighted by atomic mass is 9.94. The molecule has 276 valence electrons. The molecule has 0 aliphatic rings. The molecule has 0 heterocycles. The van der Waals surface area contributed by atoms with E-state index in [1.54, 1.807) is 12.1 Å². The molecule has 2 rings (SSSR count). The number of carboxylic acids is 1. The van der Waals surface area contributed by atoms with Gasteiger partial charge in [0, 0.05) is 37.3 Å². The molecule has 0 radical (unpaired) electrons. The Bertz CT molecular complexity index is 1410. The Hall–Kier alpha value is -4.93. The molecule has 0 saturated heterocycles. The summed E-state index contributed by atoms with van der Waals surface area (Å²) in [6.07, 6.45) is 2.47. The lowest BCUT2D eigenvalue weighted by molar-refractivity contribution is -0.164. The molecule has 0 aliphatic heterocycles. The summed E-state index contributed by atoms with van der Waals surface area (Å²) >= 11 is 0. The van der Waals surface area contributed by atoms with Crippen molar-refractivity contribution in [2.45, 2.75) is 57.0 Å². The van der Waals surface area contributed by atoms with Crippen LogP contribution in [-0.2, 0) is 14.4 Å². The van der Waals surface area contributed by atoms with Gasteiger partial charge in [-0.15, -0.1) is 0 Å². The fourth-order valence-electron chi connectivity index (χ4n) is 4.67. The first kappa shape index (κ1) is 41.2. The molecule has 0 aromatic heterocycles. The minimum absolute atomic E-state index is 0.0255. The standard InChI is InChI=1S/C34H50N6O10/c41-26-9-5-8-24(20-26)31(46)39-18-6-14-35-12-1-3-16-37-29(44)22-34(50,33(48)49)23-30(45)38-17-4-2-13-36-15-7-19-40-32(47)25-10-11-27(42)28(43)21-25/h5,8-11,20-21,35-36,41-43,50H,1-4,6-7,12-19,22-23H2,(H,37,44)(H,38,45)(H,39,46)(H,40,47)(H,48,49). The number of aromatic hydroxyl groups is 3. The Morgan fingerprint density at radius 2 is 1.00 bits per heavy atom. The number of nitrogens with one attached hydrogen (secondary N) is 6. The Balaban J connectivity index is 1.47. The van der Waals surface area contributed by atoms with Crippen molar-refractivity contribution in [3.8, 4) is 17.2 Å². The van der Waals surface area contributed by atoms with Crippen molar-refractivity contribution in [3.05, 3.63) is 53.6 Å². The molecule has 1 atom stereocenters. The van der Waals surface area contributed by atoms with Crippen LogP contribution < -0.4 is 31.9 Å². The van der Waals surface area contributed by atoms with Crippen LogP contribution in [0.2, 0.25) is 0 Å². The van der Waals surface area contributed by atoms with Crippen LogP contribution in [-0.4, -0.2) is 113 Å². The molecular weight excluding hydrogens is 652 g/mol. The van der Waals surface area contributed by atoms with Gasteiger partial charge in [0.2, 0.25) is 11.8 Å². The molecule has 0 aliphatic carbocycles. The van der Waals surface area contributed by atoms with E-state index in [0.29, 0.717) is 76.9 Å². The summed E-state index contributed by atoms with van der Waals surface area (Å²) in [6, 6.07) is 9.92. The van der Waals surface area contributed by atoms with Gasteiger partial charge in [0.25, 0.3) is 11.8 Å². The molecule has 2 aromatic rings. The van der Waals surface area contributed by atoms with Gasteiger partial charge in [-0.2, -0.15) is 0 Å². The van der Waals surface area contributed by atoms with Crippen LogP contribution in [0.3, 0.4) is 0 Å². The summed E-state index contributed by atoms with van der Waals surface area (Å²) < 4.78 is 0. The fourth-order valence-corrected chi connectivity index (χ4v) is 4.67. The third-order valence-corrected chi connectivity index (χ3v) is 7.49. The van der Waals surface area contributed by atoms with Gasteiger partial charge in [0.1, 0.15) is 5.75 Å². The molecule has 0 spiro atoms. The smallest absolute Gasteiger partial charge is 0.336 e. The number of hydrogen-bond donors (Lipinski definition) is 11. The van der Waals surface area contributed by atoms with E-state index >= 15 is 0 Å². The molecule has 16 nitrogen and oxygen atoms in total. The van der Waals surface area contributed by atoms with E-state index in [-0.39, 0.29) is 47.7 Å². The zero-order valence-corrected chi connectivity index (χ0v) is 28.1. The van der Waals surface area contributed by atoms with Crippen LogP contribution in [0.1, 0.15) is 72.1 Å². The second kappa shape index (κ2) is 22.7. The lowest BCUT2D eigenvalue weighted by Gasteiger charge is -2.22. The average Bonchev–Trinajstić information content (AvgIpc) is 3.07. The molecule has 2 aromatic carbocycles. The van der Waals surface area contributed by atoms with E-state index in [9.17, 15) is 49.5 Å². The number of carbonyl (C=O) groups excluding carboxylic acids is 4. The van der Waals surface area contributed by atoms with Crippen LogP contribution in [0.5, 0.6) is 17.2 Å². The highest BCUT2D eigenvalue weighted by Crippen LogP contribution is 2.24. The van der Waals surface area contributed by atoms with Gasteiger partial charge < -0.3 is 57.4 Å². The summed E-state index contributed by atoms with van der Waals surface area (Å²) in [7, 11) is 0. The minimum Gasteiger partial charge on any atom is -0.508 e. The molecule has 0 saturated carbocycles. The SMILES string of the molecule is O=C(CC(O)(CC(=O)NCCCCNCCCNC(=O)c1ccc(O)c(O)c1)C(=O)O)NCCCCNCCCNC(=O)c1cccc(O)c1. The molecule has 0 fully saturated rings. The van der Waals surface area contributed by atoms with E-state index in [1.165, 1.54) is 30.3 Å². The summed E-state index contributed by atoms with van der Waals surface area (Å²) in [4.78, 5) is 60.4. The van der Waals surface area contributed by atoms with E-state index in [2.05, 4.69) is 31.9 Å². The fraction of sp³-hybridized carbons (Fsp3) is 0.500. The second-order valence-corrected chi connectivity index (χ2v) is 11.8. The maximum absolute atomic E-state index is 12.3. The first-order valence-corrected chi connectivity index (χ1v) is 16.7. The maximum atomic E-state index is 12.3. The van der Waals surface area contributed by atoms with Crippen LogP contribution in [0.4, 0.5) is 0 Å². The Labute approximate surface area is 291 Å². The van der Waals surface area contributed by atoms with Crippen LogP contribution in [0.25, 0.3) is 0 Å².